The summed E-state index contributed by atoms with van der Waals surface area (Å²) in [6.07, 6.45) is 4.47. The maximum absolute atomic E-state index is 6.03. The Labute approximate surface area is 93.8 Å². The van der Waals surface area contributed by atoms with Crippen molar-refractivity contribution in [3.8, 4) is 0 Å². The van der Waals surface area contributed by atoms with Gasteiger partial charge in [-0.25, -0.2) is 4.98 Å². The maximum Gasteiger partial charge on any atom is 0.260 e. The fraction of sp³-hybridized carbons (Fsp3) is 0.500. The number of fused-ring (bicyclic) bond motifs is 1. The fourth-order valence-corrected chi connectivity index (χ4v) is 2.06. The van der Waals surface area contributed by atoms with E-state index in [0.29, 0.717) is 5.71 Å². The van der Waals surface area contributed by atoms with Crippen LogP contribution in [0.3, 0.4) is 0 Å². The summed E-state index contributed by atoms with van der Waals surface area (Å²) >= 11 is 0. The predicted molar refractivity (Wildman–Crippen MR) is 62.0 cm³/mol. The Kier molecular flexibility index (Phi) is 2.09. The molecule has 0 bridgehead atoms. The molecule has 1 aliphatic rings. The van der Waals surface area contributed by atoms with Crippen molar-refractivity contribution in [1.29, 1.82) is 0 Å². The molecule has 84 valence electrons. The van der Waals surface area contributed by atoms with Crippen molar-refractivity contribution in [2.75, 3.05) is 5.73 Å². The molecule has 0 radical (unpaired) electrons. The number of anilines is 1. The molecular weight excluding hydrogens is 202 g/mol. The number of nitrogens with two attached hydrogens (primary N) is 1. The standard InChI is InChI=1S/C12H15N3O/c1-2-10-11-9(13)6-8(5-7-3-4-7)14-12(11)16-15-10/h6-7H,2-5H2,1H3,(H2,13,14). The number of aryl methyl sites for hydroxylation is 1. The summed E-state index contributed by atoms with van der Waals surface area (Å²) in [6.45, 7) is 2.04. The van der Waals surface area contributed by atoms with Crippen LogP contribution in [-0.2, 0) is 12.8 Å². The van der Waals surface area contributed by atoms with Crippen molar-refractivity contribution < 1.29 is 4.52 Å². The van der Waals surface area contributed by atoms with Gasteiger partial charge in [-0.2, -0.15) is 0 Å². The second-order valence-electron chi connectivity index (χ2n) is 4.51. The van der Waals surface area contributed by atoms with E-state index in [9.17, 15) is 0 Å². The van der Waals surface area contributed by atoms with Crippen LogP contribution in [0.25, 0.3) is 11.1 Å². The summed E-state index contributed by atoms with van der Waals surface area (Å²) < 4.78 is 5.22. The van der Waals surface area contributed by atoms with E-state index in [1.165, 1.54) is 12.8 Å². The average molecular weight is 217 g/mol. The molecule has 1 fully saturated rings. The van der Waals surface area contributed by atoms with Gasteiger partial charge in [0.25, 0.3) is 5.71 Å². The van der Waals surface area contributed by atoms with E-state index in [-0.39, 0.29) is 0 Å². The van der Waals surface area contributed by atoms with Gasteiger partial charge in [-0.05, 0) is 37.7 Å². The third kappa shape index (κ3) is 1.54. The van der Waals surface area contributed by atoms with Crippen molar-refractivity contribution in [2.24, 2.45) is 5.92 Å². The molecule has 3 rings (SSSR count). The van der Waals surface area contributed by atoms with Crippen molar-refractivity contribution in [3.63, 3.8) is 0 Å². The highest BCUT2D eigenvalue weighted by Gasteiger charge is 2.23. The molecule has 0 atom stereocenters. The lowest BCUT2D eigenvalue weighted by Crippen LogP contribution is -1.96. The summed E-state index contributed by atoms with van der Waals surface area (Å²) in [5.41, 5.74) is 9.31. The number of nitrogen functional groups attached to an aromatic ring is 1. The molecule has 4 nitrogen and oxygen atoms in total. The number of hydrogen-bond acceptors (Lipinski definition) is 4. The first-order valence-electron chi connectivity index (χ1n) is 5.81. The molecule has 1 saturated carbocycles. The summed E-state index contributed by atoms with van der Waals surface area (Å²) in [4.78, 5) is 4.48. The van der Waals surface area contributed by atoms with Crippen LogP contribution >= 0.6 is 0 Å². The van der Waals surface area contributed by atoms with Crippen LogP contribution in [0.5, 0.6) is 0 Å². The van der Waals surface area contributed by atoms with Gasteiger partial charge in [-0.3, -0.25) is 0 Å². The normalized spacial score (nSPS) is 15.8. The van der Waals surface area contributed by atoms with E-state index in [2.05, 4.69) is 10.1 Å². The highest BCUT2D eigenvalue weighted by atomic mass is 16.5. The van der Waals surface area contributed by atoms with E-state index >= 15 is 0 Å². The number of hydrogen-bond donors (Lipinski definition) is 1. The number of nitrogens with zero attached hydrogens (tertiary/aromatic N) is 2. The van der Waals surface area contributed by atoms with Gasteiger partial charge in [0.05, 0.1) is 11.1 Å². The first kappa shape index (κ1) is 9.63. The van der Waals surface area contributed by atoms with Crippen LogP contribution in [0.1, 0.15) is 31.2 Å². The van der Waals surface area contributed by atoms with Gasteiger partial charge in [-0.1, -0.05) is 12.1 Å². The smallest absolute Gasteiger partial charge is 0.260 e. The summed E-state index contributed by atoms with van der Waals surface area (Å²) in [6, 6.07) is 1.97. The molecule has 4 heteroatoms. The molecule has 2 aromatic heterocycles. The predicted octanol–water partition coefficient (Wildman–Crippen LogP) is 2.32. The van der Waals surface area contributed by atoms with Gasteiger partial charge in [-0.15, -0.1) is 0 Å². The first-order valence-corrected chi connectivity index (χ1v) is 5.81. The second-order valence-corrected chi connectivity index (χ2v) is 4.51. The van der Waals surface area contributed by atoms with Crippen LogP contribution in [0.2, 0.25) is 0 Å². The van der Waals surface area contributed by atoms with Gasteiger partial charge in [0.15, 0.2) is 0 Å². The molecule has 2 aromatic rings. The SMILES string of the molecule is CCc1noc2nc(CC3CC3)cc(N)c12. The lowest BCUT2D eigenvalue weighted by molar-refractivity contribution is 0.439. The van der Waals surface area contributed by atoms with Crippen LogP contribution in [0, 0.1) is 5.92 Å². The number of pyridine rings is 1. The molecule has 0 unspecified atom stereocenters. The van der Waals surface area contributed by atoms with Crippen LogP contribution < -0.4 is 5.73 Å². The summed E-state index contributed by atoms with van der Waals surface area (Å²) in [7, 11) is 0. The van der Waals surface area contributed by atoms with Gasteiger partial charge < -0.3 is 10.3 Å². The molecule has 0 saturated heterocycles. The number of rotatable bonds is 3. The monoisotopic (exact) mass is 217 g/mol. The van der Waals surface area contributed by atoms with E-state index < -0.39 is 0 Å². The Morgan fingerprint density at radius 3 is 3.00 bits per heavy atom. The Hall–Kier alpha value is -1.58. The van der Waals surface area contributed by atoms with Crippen molar-refractivity contribution in [2.45, 2.75) is 32.6 Å². The molecule has 0 aromatic carbocycles. The molecule has 0 spiro atoms. The summed E-state index contributed by atoms with van der Waals surface area (Å²) in [5, 5.41) is 4.88. The zero-order valence-corrected chi connectivity index (χ0v) is 9.36. The largest absolute Gasteiger partial charge is 0.398 e. The lowest BCUT2D eigenvalue weighted by atomic mass is 10.1. The Morgan fingerprint density at radius 2 is 2.31 bits per heavy atom. The van der Waals surface area contributed by atoms with Gasteiger partial charge in [0.2, 0.25) is 0 Å². The van der Waals surface area contributed by atoms with E-state index in [1.54, 1.807) is 0 Å². The minimum Gasteiger partial charge on any atom is -0.398 e. The van der Waals surface area contributed by atoms with E-state index in [0.717, 1.165) is 41.2 Å². The Balaban J connectivity index is 2.07. The number of aromatic nitrogens is 2. The minimum absolute atomic E-state index is 0.590. The molecule has 2 N–H and O–H groups in total. The highest BCUT2D eigenvalue weighted by molar-refractivity contribution is 5.88. The van der Waals surface area contributed by atoms with Gasteiger partial charge >= 0.3 is 0 Å². The van der Waals surface area contributed by atoms with Crippen LogP contribution in [0.15, 0.2) is 10.6 Å². The molecule has 2 heterocycles. The van der Waals surface area contributed by atoms with Crippen molar-refractivity contribution in [3.05, 3.63) is 17.5 Å². The fourth-order valence-electron chi connectivity index (χ4n) is 2.06. The Morgan fingerprint density at radius 1 is 1.50 bits per heavy atom. The molecule has 1 aliphatic carbocycles. The molecule has 16 heavy (non-hydrogen) atoms. The van der Waals surface area contributed by atoms with Crippen LogP contribution in [0.4, 0.5) is 5.69 Å². The molecule has 0 amide bonds. The van der Waals surface area contributed by atoms with Crippen molar-refractivity contribution in [1.82, 2.24) is 10.1 Å². The first-order chi connectivity index (χ1) is 7.78. The second kappa shape index (κ2) is 3.47. The zero-order chi connectivity index (χ0) is 11.1. The lowest BCUT2D eigenvalue weighted by Gasteiger charge is -2.01. The van der Waals surface area contributed by atoms with E-state index in [4.69, 9.17) is 10.3 Å². The van der Waals surface area contributed by atoms with Crippen molar-refractivity contribution >= 4 is 16.8 Å². The third-order valence-electron chi connectivity index (χ3n) is 3.13. The molecule has 0 aliphatic heterocycles. The Bertz CT molecular complexity index is 528. The zero-order valence-electron chi connectivity index (χ0n) is 9.36. The quantitative estimate of drug-likeness (QED) is 0.856. The van der Waals surface area contributed by atoms with E-state index in [1.807, 2.05) is 13.0 Å². The maximum atomic E-state index is 6.03. The third-order valence-corrected chi connectivity index (χ3v) is 3.13. The highest BCUT2D eigenvalue weighted by Crippen LogP contribution is 2.33. The molecular formula is C12H15N3O. The van der Waals surface area contributed by atoms with Crippen LogP contribution in [-0.4, -0.2) is 10.1 Å². The van der Waals surface area contributed by atoms with Gasteiger partial charge in [0, 0.05) is 11.4 Å². The topological polar surface area (TPSA) is 64.9 Å². The van der Waals surface area contributed by atoms with Gasteiger partial charge in [0.1, 0.15) is 0 Å². The summed E-state index contributed by atoms with van der Waals surface area (Å²) in [5.74, 6) is 0.804. The average Bonchev–Trinajstić information content (AvgIpc) is 2.96. The minimum atomic E-state index is 0.590.